The fraction of sp³-hybridized carbons (Fsp3) is 0.167. The van der Waals surface area contributed by atoms with Crippen LogP contribution < -0.4 is 10.9 Å². The van der Waals surface area contributed by atoms with Gasteiger partial charge in [-0.25, -0.2) is 9.97 Å². The summed E-state index contributed by atoms with van der Waals surface area (Å²) in [5, 5.41) is 4.03. The molecule has 3 aromatic rings. The first-order valence-electron chi connectivity index (χ1n) is 7.68. The van der Waals surface area contributed by atoms with Crippen LogP contribution in [0.3, 0.4) is 0 Å². The van der Waals surface area contributed by atoms with Crippen molar-refractivity contribution in [1.82, 2.24) is 14.5 Å². The van der Waals surface area contributed by atoms with E-state index in [0.29, 0.717) is 16.8 Å². The Morgan fingerprint density at radius 1 is 1.48 bits per heavy atom. The molecule has 0 fully saturated rings. The Hall–Kier alpha value is -2.43. The third kappa shape index (κ3) is 2.77. The molecule has 0 spiro atoms. The monoisotopic (exact) mass is 412 g/mol. The molecule has 3 heterocycles. The number of fused-ring (bicyclic) bond motifs is 3. The number of nitrogens with zero attached hydrogens (tertiary/aromatic N) is 3. The third-order valence-corrected chi connectivity index (χ3v) is 5.74. The number of nitrogens with one attached hydrogen (secondary N) is 1. The van der Waals surface area contributed by atoms with Gasteiger partial charge in [-0.15, -0.1) is 17.8 Å². The lowest BCUT2D eigenvalue weighted by Crippen LogP contribution is -2.24. The van der Waals surface area contributed by atoms with Gasteiger partial charge in [0.25, 0.3) is 5.56 Å². The maximum absolute atomic E-state index is 13.0. The first-order chi connectivity index (χ1) is 12.2. The molecule has 0 aromatic carbocycles. The molecule has 1 unspecified atom stereocenters. The second kappa shape index (κ2) is 6.47. The molecule has 0 aliphatic heterocycles. The van der Waals surface area contributed by atoms with E-state index >= 15 is 0 Å². The van der Waals surface area contributed by atoms with Crippen LogP contribution in [0.4, 0.5) is 5.69 Å². The van der Waals surface area contributed by atoms with Crippen molar-refractivity contribution in [3.8, 4) is 12.3 Å². The van der Waals surface area contributed by atoms with Crippen LogP contribution in [0.5, 0.6) is 0 Å². The SMILES string of the molecule is C#CCNc1ccnc2sc3c(=O)n(C4C=CC(Br)=CC4)cnc3c12. The minimum absolute atomic E-state index is 0.0251. The van der Waals surface area contributed by atoms with E-state index in [1.54, 1.807) is 17.1 Å². The predicted molar refractivity (Wildman–Crippen MR) is 106 cm³/mol. The number of hydrogen-bond acceptors (Lipinski definition) is 5. The number of rotatable bonds is 3. The Bertz CT molecular complexity index is 1140. The smallest absolute Gasteiger partial charge is 0.271 e. The van der Waals surface area contributed by atoms with Crippen LogP contribution in [0.2, 0.25) is 0 Å². The molecule has 1 aliphatic rings. The zero-order chi connectivity index (χ0) is 17.4. The summed E-state index contributed by atoms with van der Waals surface area (Å²) < 4.78 is 3.32. The lowest BCUT2D eigenvalue weighted by Gasteiger charge is -2.16. The van der Waals surface area contributed by atoms with Gasteiger partial charge in [-0.2, -0.15) is 0 Å². The van der Waals surface area contributed by atoms with Crippen molar-refractivity contribution in [2.75, 3.05) is 11.9 Å². The number of hydrogen-bond donors (Lipinski definition) is 1. The minimum Gasteiger partial charge on any atom is -0.373 e. The van der Waals surface area contributed by atoms with Gasteiger partial charge >= 0.3 is 0 Å². The maximum atomic E-state index is 13.0. The van der Waals surface area contributed by atoms with Gasteiger partial charge in [0.1, 0.15) is 9.53 Å². The quantitative estimate of drug-likeness (QED) is 0.664. The molecule has 124 valence electrons. The van der Waals surface area contributed by atoms with Gasteiger partial charge in [0, 0.05) is 16.4 Å². The molecule has 25 heavy (non-hydrogen) atoms. The van der Waals surface area contributed by atoms with E-state index in [0.717, 1.165) is 26.8 Å². The van der Waals surface area contributed by atoms with Crippen molar-refractivity contribution in [3.63, 3.8) is 0 Å². The third-order valence-electron chi connectivity index (χ3n) is 4.08. The Balaban J connectivity index is 1.88. The summed E-state index contributed by atoms with van der Waals surface area (Å²) in [5.74, 6) is 2.56. The van der Waals surface area contributed by atoms with Crippen molar-refractivity contribution in [1.29, 1.82) is 0 Å². The molecule has 0 saturated carbocycles. The summed E-state index contributed by atoms with van der Waals surface area (Å²) in [7, 11) is 0. The van der Waals surface area contributed by atoms with Crippen LogP contribution in [0.15, 0.2) is 46.1 Å². The molecule has 5 nitrogen and oxygen atoms in total. The first kappa shape index (κ1) is 16.1. The molecule has 3 aromatic heterocycles. The van der Waals surface area contributed by atoms with Crippen LogP contribution in [0.25, 0.3) is 20.4 Å². The number of aromatic nitrogens is 3. The predicted octanol–water partition coefficient (Wildman–Crippen LogP) is 3.83. The number of terminal acetylenes is 1. The maximum Gasteiger partial charge on any atom is 0.271 e. The Kier molecular flexibility index (Phi) is 4.15. The minimum atomic E-state index is -0.0445. The van der Waals surface area contributed by atoms with E-state index in [-0.39, 0.29) is 11.6 Å². The highest BCUT2D eigenvalue weighted by Crippen LogP contribution is 2.34. The Morgan fingerprint density at radius 2 is 2.36 bits per heavy atom. The van der Waals surface area contributed by atoms with Gasteiger partial charge in [0.2, 0.25) is 0 Å². The van der Waals surface area contributed by atoms with Gasteiger partial charge in [-0.1, -0.05) is 40.1 Å². The Morgan fingerprint density at radius 3 is 3.12 bits per heavy atom. The van der Waals surface area contributed by atoms with Gasteiger partial charge in [-0.3, -0.25) is 9.36 Å². The topological polar surface area (TPSA) is 59.8 Å². The number of pyridine rings is 1. The number of thiophene rings is 1. The van der Waals surface area contributed by atoms with E-state index in [2.05, 4.69) is 43.2 Å². The zero-order valence-corrected chi connectivity index (χ0v) is 15.5. The second-order valence-corrected chi connectivity index (χ2v) is 7.50. The molecule has 7 heteroatoms. The molecular formula is C18H13BrN4OS. The number of allylic oxidation sites excluding steroid dienone is 4. The summed E-state index contributed by atoms with van der Waals surface area (Å²) in [5.41, 5.74) is 1.48. The fourth-order valence-electron chi connectivity index (χ4n) is 2.88. The van der Waals surface area contributed by atoms with E-state index in [1.165, 1.54) is 11.3 Å². The van der Waals surface area contributed by atoms with Crippen LogP contribution in [-0.2, 0) is 0 Å². The number of halogens is 1. The zero-order valence-electron chi connectivity index (χ0n) is 13.1. The molecule has 1 N–H and O–H groups in total. The van der Waals surface area contributed by atoms with Crippen molar-refractivity contribution < 1.29 is 0 Å². The Labute approximate surface area is 156 Å². The van der Waals surface area contributed by atoms with Crippen molar-refractivity contribution in [2.45, 2.75) is 12.5 Å². The lowest BCUT2D eigenvalue weighted by atomic mass is 10.1. The average molecular weight is 413 g/mol. The van der Waals surface area contributed by atoms with Crippen LogP contribution in [-0.4, -0.2) is 21.1 Å². The lowest BCUT2D eigenvalue weighted by molar-refractivity contribution is 0.581. The molecule has 0 radical (unpaired) electrons. The summed E-state index contributed by atoms with van der Waals surface area (Å²) in [6.07, 6.45) is 15.4. The molecule has 0 bridgehead atoms. The fourth-order valence-corrected chi connectivity index (χ4v) is 4.28. The van der Waals surface area contributed by atoms with Crippen molar-refractivity contribution in [2.24, 2.45) is 0 Å². The van der Waals surface area contributed by atoms with Gasteiger partial charge in [-0.05, 0) is 12.5 Å². The van der Waals surface area contributed by atoms with Gasteiger partial charge in [0.15, 0.2) is 0 Å². The van der Waals surface area contributed by atoms with Gasteiger partial charge in [0.05, 0.1) is 29.8 Å². The van der Waals surface area contributed by atoms with Crippen molar-refractivity contribution in [3.05, 3.63) is 51.7 Å². The van der Waals surface area contributed by atoms with Crippen LogP contribution >= 0.6 is 27.3 Å². The summed E-state index contributed by atoms with van der Waals surface area (Å²) in [4.78, 5) is 22.7. The molecular weight excluding hydrogens is 400 g/mol. The van der Waals surface area contributed by atoms with E-state index in [4.69, 9.17) is 6.42 Å². The van der Waals surface area contributed by atoms with E-state index < -0.39 is 0 Å². The van der Waals surface area contributed by atoms with E-state index in [1.807, 2.05) is 18.2 Å². The summed E-state index contributed by atoms with van der Waals surface area (Å²) in [6, 6.07) is 1.83. The first-order valence-corrected chi connectivity index (χ1v) is 9.29. The van der Waals surface area contributed by atoms with Crippen LogP contribution in [0.1, 0.15) is 12.5 Å². The highest BCUT2D eigenvalue weighted by molar-refractivity contribution is 9.11. The molecule has 1 aliphatic carbocycles. The summed E-state index contributed by atoms with van der Waals surface area (Å²) >= 11 is 4.81. The molecule has 4 rings (SSSR count). The molecule has 1 atom stereocenters. The van der Waals surface area contributed by atoms with Gasteiger partial charge < -0.3 is 5.32 Å². The second-order valence-electron chi connectivity index (χ2n) is 5.58. The van der Waals surface area contributed by atoms with E-state index in [9.17, 15) is 4.79 Å². The number of anilines is 1. The highest BCUT2D eigenvalue weighted by atomic mass is 79.9. The average Bonchev–Trinajstić information content (AvgIpc) is 3.01. The normalized spacial score (nSPS) is 16.8. The summed E-state index contributed by atoms with van der Waals surface area (Å²) in [6.45, 7) is 0.404. The highest BCUT2D eigenvalue weighted by Gasteiger charge is 2.18. The standard InChI is InChI=1S/C18H13BrN4OS/c1-2-8-20-13-7-9-21-17-14(13)15-16(25-17)18(24)23(10-22-15)12-5-3-11(19)4-6-12/h1,3-5,7,9-10,12H,6,8H2,(H,20,21). The van der Waals surface area contributed by atoms with Crippen molar-refractivity contribution >= 4 is 53.4 Å². The molecule has 0 saturated heterocycles. The van der Waals surface area contributed by atoms with Crippen LogP contribution in [0, 0.1) is 12.3 Å². The largest absolute Gasteiger partial charge is 0.373 e. The molecule has 0 amide bonds.